The molecule has 0 aromatic heterocycles. The van der Waals surface area contributed by atoms with Gasteiger partial charge < -0.3 is 10.4 Å². The fourth-order valence-corrected chi connectivity index (χ4v) is 2.00. The predicted octanol–water partition coefficient (Wildman–Crippen LogP) is 0.352. The van der Waals surface area contributed by atoms with Gasteiger partial charge in [-0.15, -0.1) is 0 Å². The van der Waals surface area contributed by atoms with Gasteiger partial charge >= 0.3 is 0 Å². The molecule has 0 spiro atoms. The van der Waals surface area contributed by atoms with Crippen LogP contribution in [0, 0.1) is 11.8 Å². The van der Waals surface area contributed by atoms with Crippen molar-refractivity contribution in [2.75, 3.05) is 26.2 Å². The molecule has 1 aromatic carbocycles. The lowest BCUT2D eigenvalue weighted by atomic mass is 10.1. The number of nitrogens with one attached hydrogen (secondary N) is 1. The number of amides is 1. The van der Waals surface area contributed by atoms with Crippen molar-refractivity contribution in [3.05, 3.63) is 35.4 Å². The molecular formula is C15H18N2O2. The summed E-state index contributed by atoms with van der Waals surface area (Å²) in [7, 11) is 0. The van der Waals surface area contributed by atoms with Gasteiger partial charge in [0.1, 0.15) is 0 Å². The molecule has 2 N–H and O–H groups in total. The second-order valence-electron chi connectivity index (χ2n) is 4.53. The van der Waals surface area contributed by atoms with E-state index in [-0.39, 0.29) is 12.5 Å². The van der Waals surface area contributed by atoms with Gasteiger partial charge in [-0.3, -0.25) is 9.69 Å². The summed E-state index contributed by atoms with van der Waals surface area (Å²) in [4.78, 5) is 13.4. The lowest BCUT2D eigenvalue weighted by molar-refractivity contribution is -0.124. The molecule has 1 aromatic rings. The van der Waals surface area contributed by atoms with Gasteiger partial charge in [0.25, 0.3) is 0 Å². The molecule has 4 heteroatoms. The van der Waals surface area contributed by atoms with E-state index in [2.05, 4.69) is 22.1 Å². The van der Waals surface area contributed by atoms with E-state index in [1.165, 1.54) is 5.56 Å². The third kappa shape index (κ3) is 4.40. The van der Waals surface area contributed by atoms with Crippen molar-refractivity contribution < 1.29 is 9.90 Å². The Kier molecular flexibility index (Phi) is 4.96. The Labute approximate surface area is 113 Å². The number of benzene rings is 1. The minimum absolute atomic E-state index is 0.0951. The average molecular weight is 258 g/mol. The summed E-state index contributed by atoms with van der Waals surface area (Å²) in [5, 5.41) is 11.5. The Hall–Kier alpha value is -1.83. The highest BCUT2D eigenvalue weighted by atomic mass is 16.2. The standard InChI is InChI=1S/C15H18N2O2/c18-10-2-1-3-13-4-6-14(7-5-13)11-17-9-8-16-15(19)12-17/h4-7,18H,2,8-12H2,(H,16,19). The molecule has 0 atom stereocenters. The maximum Gasteiger partial charge on any atom is 0.234 e. The van der Waals surface area contributed by atoms with Crippen LogP contribution in [-0.4, -0.2) is 42.2 Å². The van der Waals surface area contributed by atoms with E-state index < -0.39 is 0 Å². The van der Waals surface area contributed by atoms with Crippen LogP contribution in [0.1, 0.15) is 17.5 Å². The van der Waals surface area contributed by atoms with E-state index in [0.717, 1.165) is 25.2 Å². The van der Waals surface area contributed by atoms with Crippen LogP contribution >= 0.6 is 0 Å². The van der Waals surface area contributed by atoms with Crippen molar-refractivity contribution in [1.82, 2.24) is 10.2 Å². The van der Waals surface area contributed by atoms with Crippen LogP contribution in [0.5, 0.6) is 0 Å². The normalized spacial score (nSPS) is 15.5. The molecule has 1 heterocycles. The van der Waals surface area contributed by atoms with Crippen molar-refractivity contribution in [2.45, 2.75) is 13.0 Å². The quantitative estimate of drug-likeness (QED) is 0.769. The molecule has 0 unspecified atom stereocenters. The van der Waals surface area contributed by atoms with Crippen LogP contribution in [0.25, 0.3) is 0 Å². The molecule has 0 saturated carbocycles. The zero-order valence-corrected chi connectivity index (χ0v) is 10.9. The van der Waals surface area contributed by atoms with Crippen LogP contribution in [0.4, 0.5) is 0 Å². The Morgan fingerprint density at radius 1 is 1.32 bits per heavy atom. The molecule has 4 nitrogen and oxygen atoms in total. The molecule has 2 rings (SSSR count). The molecule has 19 heavy (non-hydrogen) atoms. The fourth-order valence-electron chi connectivity index (χ4n) is 2.00. The molecule has 1 aliphatic rings. The number of aliphatic hydroxyl groups excluding tert-OH is 1. The van der Waals surface area contributed by atoms with Crippen LogP contribution in [0.3, 0.4) is 0 Å². The number of nitrogens with zero attached hydrogens (tertiary/aromatic N) is 1. The Bertz CT molecular complexity index is 485. The number of hydrogen-bond acceptors (Lipinski definition) is 3. The fraction of sp³-hybridized carbons (Fsp3) is 0.400. The van der Waals surface area contributed by atoms with Crippen molar-refractivity contribution in [2.24, 2.45) is 0 Å². The molecule has 1 saturated heterocycles. The zero-order chi connectivity index (χ0) is 13.5. The number of hydrogen-bond donors (Lipinski definition) is 2. The predicted molar refractivity (Wildman–Crippen MR) is 73.3 cm³/mol. The third-order valence-corrected chi connectivity index (χ3v) is 2.95. The van der Waals surface area contributed by atoms with E-state index in [1.807, 2.05) is 24.3 Å². The van der Waals surface area contributed by atoms with Crippen molar-refractivity contribution >= 4 is 5.91 Å². The highest BCUT2D eigenvalue weighted by Crippen LogP contribution is 2.08. The first-order valence-corrected chi connectivity index (χ1v) is 6.45. The summed E-state index contributed by atoms with van der Waals surface area (Å²) in [6.45, 7) is 2.98. The van der Waals surface area contributed by atoms with Crippen LogP contribution in [0.2, 0.25) is 0 Å². The number of carbonyl (C=O) groups is 1. The van der Waals surface area contributed by atoms with Gasteiger partial charge in [-0.25, -0.2) is 0 Å². The van der Waals surface area contributed by atoms with Gasteiger partial charge in [0, 0.05) is 31.6 Å². The largest absolute Gasteiger partial charge is 0.395 e. The topological polar surface area (TPSA) is 52.6 Å². The molecule has 0 radical (unpaired) electrons. The van der Waals surface area contributed by atoms with Crippen molar-refractivity contribution in [3.63, 3.8) is 0 Å². The molecule has 0 aliphatic carbocycles. The van der Waals surface area contributed by atoms with Crippen LogP contribution in [-0.2, 0) is 11.3 Å². The number of carbonyl (C=O) groups excluding carboxylic acids is 1. The van der Waals surface area contributed by atoms with Crippen LogP contribution < -0.4 is 5.32 Å². The SMILES string of the molecule is O=C1CN(Cc2ccc(C#CCCO)cc2)CCN1. The first-order chi connectivity index (χ1) is 9.28. The lowest BCUT2D eigenvalue weighted by Gasteiger charge is -2.26. The third-order valence-electron chi connectivity index (χ3n) is 2.95. The summed E-state index contributed by atoms with van der Waals surface area (Å²) in [5.74, 6) is 5.99. The zero-order valence-electron chi connectivity index (χ0n) is 10.9. The van der Waals surface area contributed by atoms with E-state index >= 15 is 0 Å². The van der Waals surface area contributed by atoms with Crippen molar-refractivity contribution in [3.8, 4) is 11.8 Å². The van der Waals surface area contributed by atoms with Gasteiger partial charge in [-0.1, -0.05) is 24.0 Å². The second-order valence-corrected chi connectivity index (χ2v) is 4.53. The molecule has 1 aliphatic heterocycles. The second kappa shape index (κ2) is 6.93. The highest BCUT2D eigenvalue weighted by Gasteiger charge is 2.15. The van der Waals surface area contributed by atoms with Crippen molar-refractivity contribution in [1.29, 1.82) is 0 Å². The maximum absolute atomic E-state index is 11.3. The lowest BCUT2D eigenvalue weighted by Crippen LogP contribution is -2.47. The van der Waals surface area contributed by atoms with E-state index in [1.54, 1.807) is 0 Å². The van der Waals surface area contributed by atoms with Crippen LogP contribution in [0.15, 0.2) is 24.3 Å². The smallest absolute Gasteiger partial charge is 0.234 e. The molecular weight excluding hydrogens is 240 g/mol. The summed E-state index contributed by atoms with van der Waals surface area (Å²) in [6, 6.07) is 8.03. The van der Waals surface area contributed by atoms with E-state index in [0.29, 0.717) is 13.0 Å². The van der Waals surface area contributed by atoms with Gasteiger partial charge in [0.05, 0.1) is 13.2 Å². The monoisotopic (exact) mass is 258 g/mol. The summed E-state index contributed by atoms with van der Waals surface area (Å²) >= 11 is 0. The highest BCUT2D eigenvalue weighted by molar-refractivity contribution is 5.78. The first-order valence-electron chi connectivity index (χ1n) is 6.45. The summed E-state index contributed by atoms with van der Waals surface area (Å²) in [5.41, 5.74) is 2.14. The molecule has 100 valence electrons. The maximum atomic E-state index is 11.3. The van der Waals surface area contributed by atoms with E-state index in [4.69, 9.17) is 5.11 Å². The Balaban J connectivity index is 1.91. The molecule has 1 amide bonds. The van der Waals surface area contributed by atoms with Gasteiger partial charge in [0.15, 0.2) is 0 Å². The van der Waals surface area contributed by atoms with Gasteiger partial charge in [-0.2, -0.15) is 0 Å². The number of rotatable bonds is 3. The minimum atomic E-state index is 0.0951. The molecule has 0 bridgehead atoms. The number of piperazine rings is 1. The average Bonchev–Trinajstić information content (AvgIpc) is 2.41. The van der Waals surface area contributed by atoms with Gasteiger partial charge in [-0.05, 0) is 17.7 Å². The Morgan fingerprint density at radius 2 is 2.11 bits per heavy atom. The summed E-state index contributed by atoms with van der Waals surface area (Å²) < 4.78 is 0. The number of aliphatic hydroxyl groups is 1. The van der Waals surface area contributed by atoms with Gasteiger partial charge in [0.2, 0.25) is 5.91 Å². The first kappa shape index (κ1) is 13.6. The molecule has 1 fully saturated rings. The summed E-state index contributed by atoms with van der Waals surface area (Å²) in [6.07, 6.45) is 0.505. The Morgan fingerprint density at radius 3 is 2.79 bits per heavy atom. The van der Waals surface area contributed by atoms with E-state index in [9.17, 15) is 4.79 Å². The minimum Gasteiger partial charge on any atom is -0.395 e.